The van der Waals surface area contributed by atoms with Crippen molar-refractivity contribution in [3.63, 3.8) is 0 Å². The Labute approximate surface area is 206 Å². The molecule has 4 rings (SSSR count). The van der Waals surface area contributed by atoms with E-state index in [2.05, 4.69) is 5.32 Å². The van der Waals surface area contributed by atoms with Gasteiger partial charge in [-0.25, -0.2) is 0 Å². The number of alkyl halides is 1. The minimum Gasteiger partial charge on any atom is -0.455 e. The molecule has 5 nitrogen and oxygen atoms in total. The van der Waals surface area contributed by atoms with Crippen LogP contribution in [0.15, 0.2) is 47.2 Å². The Balaban J connectivity index is 1.34. The van der Waals surface area contributed by atoms with Gasteiger partial charge in [0.25, 0.3) is 5.91 Å². The predicted octanol–water partition coefficient (Wildman–Crippen LogP) is 5.77. The quantitative estimate of drug-likeness (QED) is 0.532. The van der Waals surface area contributed by atoms with Gasteiger partial charge in [-0.2, -0.15) is 0 Å². The first-order valence-corrected chi connectivity index (χ1v) is 12.7. The Kier molecular flexibility index (Phi) is 7.70. The zero-order valence-electron chi connectivity index (χ0n) is 19.1. The highest BCUT2D eigenvalue weighted by atomic mass is 35.5. The molecule has 1 atom stereocenters. The Morgan fingerprint density at radius 1 is 1.09 bits per heavy atom. The van der Waals surface area contributed by atoms with E-state index in [1.54, 1.807) is 18.2 Å². The molecule has 0 bridgehead atoms. The lowest BCUT2D eigenvalue weighted by Gasteiger charge is -2.35. The molecule has 2 amide bonds. The molecule has 33 heavy (non-hydrogen) atoms. The van der Waals surface area contributed by atoms with E-state index in [1.165, 1.54) is 6.42 Å². The topological polar surface area (TPSA) is 58.6 Å². The number of ether oxygens (including phenoxy) is 1. The first kappa shape index (κ1) is 24.2. The number of rotatable bonds is 5. The fraction of sp³-hybridized carbons (Fsp3) is 0.538. The number of para-hydroxylation sites is 1. The molecule has 3 aliphatic rings. The lowest BCUT2D eigenvalue weighted by Crippen LogP contribution is -2.48. The number of nitrogens with zero attached hydrogens (tertiary/aromatic N) is 1. The summed E-state index contributed by atoms with van der Waals surface area (Å²) in [6, 6.07) is 7.19. The number of hydrogen-bond acceptors (Lipinski definition) is 3. The second-order valence-electron chi connectivity index (χ2n) is 9.56. The van der Waals surface area contributed by atoms with Crippen LogP contribution in [-0.4, -0.2) is 40.7 Å². The van der Waals surface area contributed by atoms with Crippen LogP contribution in [0.3, 0.4) is 0 Å². The second kappa shape index (κ2) is 10.5. The van der Waals surface area contributed by atoms with Crippen molar-refractivity contribution in [2.24, 2.45) is 5.92 Å². The molecule has 1 unspecified atom stereocenters. The number of halogens is 2. The molecule has 1 aromatic rings. The van der Waals surface area contributed by atoms with E-state index in [0.29, 0.717) is 47.5 Å². The number of amides is 2. The summed E-state index contributed by atoms with van der Waals surface area (Å²) in [4.78, 5) is 27.3. The minimum absolute atomic E-state index is 0.0373. The standard InChI is InChI=1S/C26H32Cl2N2O3/c1-26(28)14-11-23(21(27)17-26)33-22-10-6-5-9-20(22)24(31)29-19-12-15-30(16-13-19)25(32)18-7-3-2-4-8-18/h5-6,9-11,14,18-19H,2-4,7-8,12-13,15-17H2,1H3,(H,29,31). The van der Waals surface area contributed by atoms with Gasteiger partial charge in [0.2, 0.25) is 5.91 Å². The monoisotopic (exact) mass is 490 g/mol. The second-order valence-corrected chi connectivity index (χ2v) is 10.9. The molecule has 178 valence electrons. The molecule has 1 aromatic carbocycles. The van der Waals surface area contributed by atoms with Gasteiger partial charge >= 0.3 is 0 Å². The van der Waals surface area contributed by atoms with Crippen LogP contribution < -0.4 is 10.1 Å². The highest BCUT2D eigenvalue weighted by Crippen LogP contribution is 2.35. The van der Waals surface area contributed by atoms with E-state index in [1.807, 2.05) is 30.0 Å². The van der Waals surface area contributed by atoms with E-state index < -0.39 is 4.87 Å². The lowest BCUT2D eigenvalue weighted by molar-refractivity contribution is -0.137. The normalized spacial score (nSPS) is 24.6. The summed E-state index contributed by atoms with van der Waals surface area (Å²) in [6.45, 7) is 3.28. The van der Waals surface area contributed by atoms with Crippen LogP contribution in [0.25, 0.3) is 0 Å². The summed E-state index contributed by atoms with van der Waals surface area (Å²) in [6.07, 6.45) is 11.2. The third kappa shape index (κ3) is 6.13. The van der Waals surface area contributed by atoms with Gasteiger partial charge in [-0.05, 0) is 50.8 Å². The maximum absolute atomic E-state index is 13.1. The molecule has 0 radical (unpaired) electrons. The van der Waals surface area contributed by atoms with Gasteiger partial charge in [0.15, 0.2) is 0 Å². The zero-order valence-corrected chi connectivity index (χ0v) is 20.6. The number of carbonyl (C=O) groups is 2. The van der Waals surface area contributed by atoms with Crippen molar-refractivity contribution in [2.75, 3.05) is 13.1 Å². The average molecular weight is 491 g/mol. The predicted molar refractivity (Wildman–Crippen MR) is 132 cm³/mol. The number of likely N-dealkylation sites (tertiary alicyclic amines) is 1. The van der Waals surface area contributed by atoms with E-state index in [0.717, 1.165) is 38.5 Å². The zero-order chi connectivity index (χ0) is 23.4. The lowest BCUT2D eigenvalue weighted by atomic mass is 9.87. The van der Waals surface area contributed by atoms with Gasteiger partial charge < -0.3 is 15.0 Å². The summed E-state index contributed by atoms with van der Waals surface area (Å²) in [5.41, 5.74) is 0.461. The molecule has 0 spiro atoms. The minimum atomic E-state index is -0.534. The average Bonchev–Trinajstić information content (AvgIpc) is 2.81. The molecule has 2 fully saturated rings. The molecule has 7 heteroatoms. The summed E-state index contributed by atoms with van der Waals surface area (Å²) < 4.78 is 6.01. The van der Waals surface area contributed by atoms with E-state index >= 15 is 0 Å². The Morgan fingerprint density at radius 2 is 1.79 bits per heavy atom. The van der Waals surface area contributed by atoms with Crippen LogP contribution >= 0.6 is 23.2 Å². The maximum Gasteiger partial charge on any atom is 0.255 e. The van der Waals surface area contributed by atoms with Gasteiger partial charge in [-0.3, -0.25) is 9.59 Å². The number of piperidine rings is 1. The summed E-state index contributed by atoms with van der Waals surface area (Å²) in [5.74, 6) is 1.28. The van der Waals surface area contributed by atoms with E-state index in [9.17, 15) is 9.59 Å². The fourth-order valence-electron chi connectivity index (χ4n) is 4.86. The van der Waals surface area contributed by atoms with Gasteiger partial charge in [0, 0.05) is 31.5 Å². The van der Waals surface area contributed by atoms with Crippen LogP contribution in [0.5, 0.6) is 5.75 Å². The number of carbonyl (C=O) groups excluding carboxylic acids is 2. The van der Waals surface area contributed by atoms with Crippen LogP contribution in [0.2, 0.25) is 0 Å². The fourth-order valence-corrected chi connectivity index (χ4v) is 5.50. The van der Waals surface area contributed by atoms with Crippen LogP contribution in [0.4, 0.5) is 0 Å². The summed E-state index contributed by atoms with van der Waals surface area (Å²) >= 11 is 12.7. The van der Waals surface area contributed by atoms with Crippen LogP contribution in [0.1, 0.15) is 68.6 Å². The Morgan fingerprint density at radius 3 is 2.48 bits per heavy atom. The highest BCUT2D eigenvalue weighted by molar-refractivity contribution is 6.32. The SMILES string of the molecule is CC1(Cl)C=CC(Oc2ccccc2C(=O)NC2CCN(C(=O)C3CCCCC3)CC2)=C(Cl)C1. The van der Waals surface area contributed by atoms with Crippen LogP contribution in [-0.2, 0) is 4.79 Å². The maximum atomic E-state index is 13.1. The van der Waals surface area contributed by atoms with E-state index in [4.69, 9.17) is 27.9 Å². The Hall–Kier alpha value is -1.98. The molecule has 1 saturated heterocycles. The molecular formula is C26H32Cl2N2O3. The Bertz CT molecular complexity index is 943. The molecule has 1 saturated carbocycles. The van der Waals surface area contributed by atoms with E-state index in [-0.39, 0.29) is 17.9 Å². The van der Waals surface area contributed by atoms with Crippen molar-refractivity contribution in [2.45, 2.75) is 69.2 Å². The molecule has 2 aliphatic carbocycles. The van der Waals surface area contributed by atoms with Crippen molar-refractivity contribution in [1.29, 1.82) is 0 Å². The number of benzene rings is 1. The number of nitrogens with one attached hydrogen (secondary N) is 1. The van der Waals surface area contributed by atoms with Gasteiger partial charge in [-0.1, -0.05) is 49.1 Å². The van der Waals surface area contributed by atoms with Gasteiger partial charge in [0.1, 0.15) is 11.5 Å². The first-order valence-electron chi connectivity index (χ1n) is 12.0. The molecule has 0 aromatic heterocycles. The van der Waals surface area contributed by atoms with Crippen LogP contribution in [0, 0.1) is 5.92 Å². The third-order valence-electron chi connectivity index (χ3n) is 6.80. The smallest absolute Gasteiger partial charge is 0.255 e. The first-order chi connectivity index (χ1) is 15.8. The number of allylic oxidation sites excluding steroid dienone is 3. The van der Waals surface area contributed by atoms with Crippen molar-refractivity contribution in [1.82, 2.24) is 10.2 Å². The van der Waals surface area contributed by atoms with Gasteiger partial charge in [0.05, 0.1) is 15.5 Å². The third-order valence-corrected chi connectivity index (χ3v) is 7.38. The summed E-state index contributed by atoms with van der Waals surface area (Å²) in [5, 5.41) is 3.66. The largest absolute Gasteiger partial charge is 0.455 e. The van der Waals surface area contributed by atoms with Crippen molar-refractivity contribution >= 4 is 35.0 Å². The van der Waals surface area contributed by atoms with Crippen molar-refractivity contribution < 1.29 is 14.3 Å². The molecular weight excluding hydrogens is 459 g/mol. The van der Waals surface area contributed by atoms with Crippen molar-refractivity contribution in [3.8, 4) is 5.75 Å². The molecule has 1 heterocycles. The number of hydrogen-bond donors (Lipinski definition) is 1. The molecule has 1 N–H and O–H groups in total. The van der Waals surface area contributed by atoms with Gasteiger partial charge in [-0.15, -0.1) is 11.6 Å². The molecule has 1 aliphatic heterocycles. The summed E-state index contributed by atoms with van der Waals surface area (Å²) in [7, 11) is 0. The van der Waals surface area contributed by atoms with Crippen molar-refractivity contribution in [3.05, 3.63) is 52.8 Å². The highest BCUT2D eigenvalue weighted by Gasteiger charge is 2.30.